The molecule has 0 unspecified atom stereocenters. The summed E-state index contributed by atoms with van der Waals surface area (Å²) in [5, 5.41) is 12.6. The fourth-order valence-corrected chi connectivity index (χ4v) is 2.27. The van der Waals surface area contributed by atoms with E-state index in [4.69, 9.17) is 9.39 Å². The second-order valence-corrected chi connectivity index (χ2v) is 4.90. The van der Waals surface area contributed by atoms with E-state index in [1.54, 1.807) is 13.8 Å². The highest BCUT2D eigenvalue weighted by Gasteiger charge is 2.38. The van der Waals surface area contributed by atoms with Gasteiger partial charge in [-0.05, 0) is 31.0 Å². The van der Waals surface area contributed by atoms with Gasteiger partial charge in [-0.25, -0.2) is 9.18 Å². The fourth-order valence-electron chi connectivity index (χ4n) is 2.27. The molecule has 1 atom stereocenters. The van der Waals surface area contributed by atoms with E-state index >= 15 is 0 Å². The summed E-state index contributed by atoms with van der Waals surface area (Å²) in [5.74, 6) is -2.19. The third-order valence-electron chi connectivity index (χ3n) is 3.32. The van der Waals surface area contributed by atoms with Gasteiger partial charge in [-0.15, -0.1) is 0 Å². The Balaban J connectivity index is 2.32. The number of hydrogen-bond acceptors (Lipinski definition) is 5. The van der Waals surface area contributed by atoms with Gasteiger partial charge in [0.25, 0.3) is 0 Å². The molecule has 1 aliphatic rings. The van der Waals surface area contributed by atoms with Crippen LogP contribution in [0.25, 0.3) is 0 Å². The van der Waals surface area contributed by atoms with E-state index in [9.17, 15) is 19.0 Å². The number of carbonyl (C=O) groups excluding carboxylic acids is 2. The molecule has 0 aromatic heterocycles. The molecule has 0 radical (unpaired) electrons. The van der Waals surface area contributed by atoms with Crippen LogP contribution in [0.5, 0.6) is 5.75 Å². The molecule has 118 valence electrons. The second-order valence-electron chi connectivity index (χ2n) is 4.90. The summed E-state index contributed by atoms with van der Waals surface area (Å²) < 4.78 is 23.9. The van der Waals surface area contributed by atoms with Crippen molar-refractivity contribution in [3.63, 3.8) is 0 Å². The number of fused-ring (bicyclic) bond motifs is 1. The normalized spacial score (nSPS) is 16.5. The molecule has 2 rings (SSSR count). The molecular formula is C14H17BFNO5. The summed E-state index contributed by atoms with van der Waals surface area (Å²) in [6.07, 6.45) is 0.416. The van der Waals surface area contributed by atoms with Crippen molar-refractivity contribution in [2.45, 2.75) is 32.6 Å². The molecule has 1 amide bonds. The Morgan fingerprint density at radius 1 is 1.50 bits per heavy atom. The molecule has 0 bridgehead atoms. The lowest BCUT2D eigenvalue weighted by Crippen LogP contribution is -2.53. The van der Waals surface area contributed by atoms with Crippen LogP contribution in [0.1, 0.15) is 36.2 Å². The molecule has 0 saturated heterocycles. The van der Waals surface area contributed by atoms with Gasteiger partial charge in [0.05, 0.1) is 12.5 Å². The Labute approximate surface area is 127 Å². The highest BCUT2D eigenvalue weighted by Crippen LogP contribution is 2.31. The second kappa shape index (κ2) is 6.78. The maximum Gasteiger partial charge on any atom is 0.547 e. The molecule has 2 N–H and O–H groups in total. The highest BCUT2D eigenvalue weighted by atomic mass is 19.1. The van der Waals surface area contributed by atoms with Crippen LogP contribution >= 0.6 is 0 Å². The maximum atomic E-state index is 13.7. The van der Waals surface area contributed by atoms with Crippen molar-refractivity contribution in [1.29, 1.82) is 0 Å². The molecule has 6 nitrogen and oxygen atoms in total. The first-order valence-electron chi connectivity index (χ1n) is 7.09. The van der Waals surface area contributed by atoms with Crippen LogP contribution in [0.2, 0.25) is 0 Å². The summed E-state index contributed by atoms with van der Waals surface area (Å²) in [7, 11) is -1.32. The number of benzene rings is 1. The fraction of sp³-hybridized carbons (Fsp3) is 0.429. The quantitative estimate of drug-likeness (QED) is 0.636. The number of hydrogen-bond donors (Lipinski definition) is 2. The van der Waals surface area contributed by atoms with E-state index in [0.29, 0.717) is 5.56 Å². The first-order chi connectivity index (χ1) is 10.5. The zero-order valence-electron chi connectivity index (χ0n) is 12.4. The van der Waals surface area contributed by atoms with Crippen molar-refractivity contribution in [1.82, 2.24) is 5.32 Å². The van der Waals surface area contributed by atoms with Gasteiger partial charge < -0.3 is 19.7 Å². The van der Waals surface area contributed by atoms with Gasteiger partial charge in [-0.2, -0.15) is 0 Å². The van der Waals surface area contributed by atoms with Crippen molar-refractivity contribution in [2.24, 2.45) is 0 Å². The largest absolute Gasteiger partial charge is 0.547 e. The van der Waals surface area contributed by atoms with Gasteiger partial charge in [0.15, 0.2) is 0 Å². The van der Waals surface area contributed by atoms with Gasteiger partial charge in [0, 0.05) is 6.42 Å². The lowest BCUT2D eigenvalue weighted by atomic mass is 9.72. The summed E-state index contributed by atoms with van der Waals surface area (Å²) >= 11 is 0. The van der Waals surface area contributed by atoms with Crippen LogP contribution in [0.4, 0.5) is 4.39 Å². The third-order valence-corrected chi connectivity index (χ3v) is 3.32. The number of nitrogens with one attached hydrogen (secondary N) is 1. The molecule has 0 aliphatic carbocycles. The lowest BCUT2D eigenvalue weighted by Gasteiger charge is -2.29. The lowest BCUT2D eigenvalue weighted by molar-refractivity contribution is -0.121. The van der Waals surface area contributed by atoms with Crippen LogP contribution < -0.4 is 9.97 Å². The molecule has 8 heteroatoms. The Morgan fingerprint density at radius 2 is 2.23 bits per heavy atom. The van der Waals surface area contributed by atoms with Crippen molar-refractivity contribution >= 4 is 19.0 Å². The average Bonchev–Trinajstić information content (AvgIpc) is 2.47. The van der Waals surface area contributed by atoms with E-state index < -0.39 is 24.8 Å². The summed E-state index contributed by atoms with van der Waals surface area (Å²) in [6.45, 7) is 3.45. The van der Waals surface area contributed by atoms with Crippen LogP contribution in [0.15, 0.2) is 12.1 Å². The van der Waals surface area contributed by atoms with Gasteiger partial charge in [-0.1, -0.05) is 6.92 Å². The zero-order chi connectivity index (χ0) is 16.3. The minimum Gasteiger partial charge on any atom is -0.534 e. The van der Waals surface area contributed by atoms with E-state index in [-0.39, 0.29) is 36.7 Å². The van der Waals surface area contributed by atoms with Crippen LogP contribution in [-0.2, 0) is 16.0 Å². The number of amides is 1. The van der Waals surface area contributed by atoms with E-state index in [0.717, 1.165) is 6.07 Å². The zero-order valence-corrected chi connectivity index (χ0v) is 12.4. The van der Waals surface area contributed by atoms with Gasteiger partial charge >= 0.3 is 13.1 Å². The topological polar surface area (TPSA) is 84.9 Å². The number of halogens is 1. The first-order valence-corrected chi connectivity index (χ1v) is 7.09. The first kappa shape index (κ1) is 16.3. The van der Waals surface area contributed by atoms with Crippen molar-refractivity contribution < 1.29 is 28.4 Å². The maximum absolute atomic E-state index is 13.7. The van der Waals surface area contributed by atoms with Gasteiger partial charge in [0.2, 0.25) is 5.91 Å². The average molecular weight is 309 g/mol. The van der Waals surface area contributed by atoms with E-state index in [2.05, 4.69) is 5.32 Å². The third kappa shape index (κ3) is 3.38. The number of ether oxygens (including phenoxy) is 1. The minimum atomic E-state index is -1.32. The summed E-state index contributed by atoms with van der Waals surface area (Å²) in [5.41, 5.74) is 0.325. The number of carbonyl (C=O) groups is 2. The molecule has 1 aromatic rings. The molecule has 1 heterocycles. The standard InChI is InChI=1S/C14H17BFNO5/c1-3-12(18)17-11-6-8-5-9(16)7-10(14(19)21-4-2)13(8)22-15(11)20/h5,7,11,20H,3-4,6H2,1-2H3,(H,17,18)/t11-/m0/s1. The molecular weight excluding hydrogens is 292 g/mol. The minimum absolute atomic E-state index is 0.0730. The Kier molecular flexibility index (Phi) is 5.02. The molecule has 1 aliphatic heterocycles. The van der Waals surface area contributed by atoms with E-state index in [1.807, 2.05) is 0 Å². The monoisotopic (exact) mass is 309 g/mol. The molecule has 0 spiro atoms. The predicted octanol–water partition coefficient (Wildman–Crippen LogP) is 0.852. The van der Waals surface area contributed by atoms with Crippen LogP contribution in [-0.4, -0.2) is 36.6 Å². The molecule has 0 fully saturated rings. The predicted molar refractivity (Wildman–Crippen MR) is 76.9 cm³/mol. The Morgan fingerprint density at radius 3 is 2.86 bits per heavy atom. The van der Waals surface area contributed by atoms with E-state index in [1.165, 1.54) is 6.07 Å². The Hall–Kier alpha value is -2.09. The van der Waals surface area contributed by atoms with Crippen molar-refractivity contribution in [3.05, 3.63) is 29.1 Å². The SMILES string of the molecule is CCOC(=O)c1cc(F)cc2c1OB(O)[C@@H](NC(=O)CC)C2. The van der Waals surface area contributed by atoms with Crippen LogP contribution in [0, 0.1) is 5.82 Å². The van der Waals surface area contributed by atoms with Gasteiger partial charge in [0.1, 0.15) is 17.1 Å². The smallest absolute Gasteiger partial charge is 0.534 e. The summed E-state index contributed by atoms with van der Waals surface area (Å²) in [4.78, 5) is 23.3. The molecule has 22 heavy (non-hydrogen) atoms. The van der Waals surface area contributed by atoms with Crippen molar-refractivity contribution in [2.75, 3.05) is 6.61 Å². The molecule has 0 saturated carbocycles. The summed E-state index contributed by atoms with van der Waals surface area (Å²) in [6, 6.07) is 2.23. The number of rotatable bonds is 4. The van der Waals surface area contributed by atoms with Crippen LogP contribution in [0.3, 0.4) is 0 Å². The Bertz CT molecular complexity index is 595. The highest BCUT2D eigenvalue weighted by molar-refractivity contribution is 6.47. The molecule has 1 aromatic carbocycles. The van der Waals surface area contributed by atoms with Crippen molar-refractivity contribution in [3.8, 4) is 5.75 Å². The number of esters is 1. The van der Waals surface area contributed by atoms with Gasteiger partial charge in [-0.3, -0.25) is 4.79 Å².